The minimum atomic E-state index is -0.447. The Bertz CT molecular complexity index is 997. The number of carbonyl (C=O) groups is 3. The molecule has 3 amide bonds. The molecule has 0 fully saturated rings. The average Bonchev–Trinajstić information content (AvgIpc) is 3.25. The molecule has 0 atom stereocenters. The molecular formula is C19H13N3O4. The first-order chi connectivity index (χ1) is 12.6. The Balaban J connectivity index is 1.58. The molecule has 0 unspecified atom stereocenters. The van der Waals surface area contributed by atoms with Crippen LogP contribution in [0, 0.1) is 0 Å². The van der Waals surface area contributed by atoms with E-state index in [4.69, 9.17) is 4.42 Å². The van der Waals surface area contributed by atoms with Crippen molar-refractivity contribution < 1.29 is 18.8 Å². The number of nitrogens with zero attached hydrogens (tertiary/aromatic N) is 2. The van der Waals surface area contributed by atoms with Gasteiger partial charge >= 0.3 is 0 Å². The normalized spacial score (nSPS) is 13.0. The summed E-state index contributed by atoms with van der Waals surface area (Å²) in [6.07, 6.45) is 4.60. The van der Waals surface area contributed by atoms with Crippen LogP contribution in [0.2, 0.25) is 0 Å². The van der Waals surface area contributed by atoms with E-state index in [1.807, 2.05) is 0 Å². The molecule has 0 radical (unpaired) electrons. The summed E-state index contributed by atoms with van der Waals surface area (Å²) in [4.78, 5) is 42.5. The number of imide groups is 1. The summed E-state index contributed by atoms with van der Waals surface area (Å²) in [7, 11) is 0. The fraction of sp³-hybridized carbons (Fsp3) is 0.0526. The lowest BCUT2D eigenvalue weighted by atomic mass is 10.1. The van der Waals surface area contributed by atoms with Gasteiger partial charge in [-0.15, -0.1) is 0 Å². The molecule has 0 saturated heterocycles. The van der Waals surface area contributed by atoms with E-state index in [1.54, 1.807) is 30.5 Å². The lowest BCUT2D eigenvalue weighted by molar-refractivity contribution is 0.0631. The molecule has 0 bridgehead atoms. The largest absolute Gasteiger partial charge is 0.467 e. The van der Waals surface area contributed by atoms with Crippen LogP contribution in [0.5, 0.6) is 0 Å². The van der Waals surface area contributed by atoms with Gasteiger partial charge in [0, 0.05) is 11.8 Å². The number of hydrogen-bond donors (Lipinski definition) is 1. The maximum Gasteiger partial charge on any atom is 0.261 e. The van der Waals surface area contributed by atoms with E-state index in [0.717, 1.165) is 4.90 Å². The number of amides is 3. The SMILES string of the molecule is O=C(Nc1cccnc1)c1ccc2c(c1)C(=O)N(Cc1ccco1)C2=O. The molecule has 2 aromatic heterocycles. The summed E-state index contributed by atoms with van der Waals surface area (Å²) in [5, 5.41) is 2.70. The van der Waals surface area contributed by atoms with Crippen molar-refractivity contribution in [2.45, 2.75) is 6.54 Å². The second kappa shape index (κ2) is 6.29. The van der Waals surface area contributed by atoms with Gasteiger partial charge in [0.15, 0.2) is 0 Å². The van der Waals surface area contributed by atoms with Crippen molar-refractivity contribution in [3.8, 4) is 0 Å². The number of rotatable bonds is 4. The Morgan fingerprint density at radius 3 is 2.65 bits per heavy atom. The molecule has 1 aliphatic rings. The quantitative estimate of drug-likeness (QED) is 0.733. The summed E-state index contributed by atoms with van der Waals surface area (Å²) in [6.45, 7) is 0.0521. The first-order valence-corrected chi connectivity index (χ1v) is 7.87. The van der Waals surface area contributed by atoms with Crippen molar-refractivity contribution in [3.63, 3.8) is 0 Å². The fourth-order valence-corrected chi connectivity index (χ4v) is 2.77. The molecule has 7 heteroatoms. The molecule has 26 heavy (non-hydrogen) atoms. The van der Waals surface area contributed by atoms with Crippen molar-refractivity contribution in [1.82, 2.24) is 9.88 Å². The minimum Gasteiger partial charge on any atom is -0.467 e. The molecule has 0 aliphatic carbocycles. The van der Waals surface area contributed by atoms with Crippen molar-refractivity contribution >= 4 is 23.4 Å². The monoisotopic (exact) mass is 347 g/mol. The molecule has 1 aliphatic heterocycles. The lowest BCUT2D eigenvalue weighted by Gasteiger charge is -2.11. The second-order valence-corrected chi connectivity index (χ2v) is 5.73. The molecule has 3 heterocycles. The van der Waals surface area contributed by atoms with Crippen LogP contribution in [-0.4, -0.2) is 27.6 Å². The average molecular weight is 347 g/mol. The van der Waals surface area contributed by atoms with E-state index in [0.29, 0.717) is 11.4 Å². The van der Waals surface area contributed by atoms with Crippen LogP contribution >= 0.6 is 0 Å². The molecular weight excluding hydrogens is 334 g/mol. The van der Waals surface area contributed by atoms with Crippen molar-refractivity contribution in [3.05, 3.63) is 83.6 Å². The first-order valence-electron chi connectivity index (χ1n) is 7.87. The van der Waals surface area contributed by atoms with Crippen LogP contribution in [-0.2, 0) is 6.54 Å². The van der Waals surface area contributed by atoms with Crippen LogP contribution in [0.1, 0.15) is 36.8 Å². The van der Waals surface area contributed by atoms with Gasteiger partial charge in [0.05, 0.1) is 35.8 Å². The number of pyridine rings is 1. The lowest BCUT2D eigenvalue weighted by Crippen LogP contribution is -2.28. The summed E-state index contributed by atoms with van der Waals surface area (Å²) in [5.74, 6) is -0.724. The van der Waals surface area contributed by atoms with Crippen LogP contribution in [0.3, 0.4) is 0 Å². The van der Waals surface area contributed by atoms with Gasteiger partial charge in [0.25, 0.3) is 17.7 Å². The van der Waals surface area contributed by atoms with Gasteiger partial charge < -0.3 is 9.73 Å². The van der Waals surface area contributed by atoms with E-state index in [9.17, 15) is 14.4 Å². The van der Waals surface area contributed by atoms with Gasteiger partial charge in [0.1, 0.15) is 5.76 Å². The van der Waals surface area contributed by atoms with Gasteiger partial charge in [-0.3, -0.25) is 24.3 Å². The molecule has 0 spiro atoms. The van der Waals surface area contributed by atoms with E-state index >= 15 is 0 Å². The number of hydrogen-bond acceptors (Lipinski definition) is 5. The predicted octanol–water partition coefficient (Wildman–Crippen LogP) is 2.72. The van der Waals surface area contributed by atoms with Gasteiger partial charge in [-0.25, -0.2) is 0 Å². The topological polar surface area (TPSA) is 92.5 Å². The van der Waals surface area contributed by atoms with Crippen LogP contribution < -0.4 is 5.32 Å². The minimum absolute atomic E-state index is 0.0521. The number of benzene rings is 1. The van der Waals surface area contributed by atoms with Crippen LogP contribution in [0.4, 0.5) is 5.69 Å². The Morgan fingerprint density at radius 1 is 1.08 bits per heavy atom. The van der Waals surface area contributed by atoms with E-state index in [2.05, 4.69) is 10.3 Å². The third kappa shape index (κ3) is 2.75. The number of carbonyl (C=O) groups excluding carboxylic acids is 3. The molecule has 7 nitrogen and oxygen atoms in total. The molecule has 1 aromatic carbocycles. The standard InChI is InChI=1S/C19H13N3O4/c23-17(21-13-3-1-7-20-10-13)12-5-6-15-16(9-12)19(25)22(18(15)24)11-14-4-2-8-26-14/h1-10H,11H2,(H,21,23). The Morgan fingerprint density at radius 2 is 1.92 bits per heavy atom. The van der Waals surface area contributed by atoms with Crippen molar-refractivity contribution in [2.24, 2.45) is 0 Å². The van der Waals surface area contributed by atoms with E-state index in [-0.39, 0.29) is 29.1 Å². The number of anilines is 1. The maximum absolute atomic E-state index is 12.6. The second-order valence-electron chi connectivity index (χ2n) is 5.73. The zero-order valence-electron chi connectivity index (χ0n) is 13.5. The van der Waals surface area contributed by atoms with E-state index in [1.165, 1.54) is 30.7 Å². The summed E-state index contributed by atoms with van der Waals surface area (Å²) in [5.41, 5.74) is 1.31. The Labute approximate surface area is 148 Å². The van der Waals surface area contributed by atoms with E-state index < -0.39 is 11.8 Å². The Kier molecular flexibility index (Phi) is 3.81. The number of fused-ring (bicyclic) bond motifs is 1. The molecule has 4 rings (SSSR count). The maximum atomic E-state index is 12.6. The van der Waals surface area contributed by atoms with Crippen LogP contribution in [0.25, 0.3) is 0 Å². The molecule has 1 N–H and O–H groups in total. The van der Waals surface area contributed by atoms with Crippen molar-refractivity contribution in [1.29, 1.82) is 0 Å². The number of nitrogens with one attached hydrogen (secondary N) is 1. The van der Waals surface area contributed by atoms with Gasteiger partial charge in [-0.05, 0) is 42.5 Å². The molecule has 0 saturated carbocycles. The highest BCUT2D eigenvalue weighted by Crippen LogP contribution is 2.26. The first kappa shape index (κ1) is 15.8. The highest BCUT2D eigenvalue weighted by molar-refractivity contribution is 6.22. The Hall–Kier alpha value is -3.74. The number of aromatic nitrogens is 1. The zero-order valence-corrected chi connectivity index (χ0v) is 13.5. The third-order valence-electron chi connectivity index (χ3n) is 4.05. The summed E-state index contributed by atoms with van der Waals surface area (Å²) in [6, 6.07) is 11.2. The fourth-order valence-electron chi connectivity index (χ4n) is 2.77. The zero-order chi connectivity index (χ0) is 18.1. The van der Waals surface area contributed by atoms with Gasteiger partial charge in [0.2, 0.25) is 0 Å². The summed E-state index contributed by atoms with van der Waals surface area (Å²) < 4.78 is 5.20. The molecule has 128 valence electrons. The molecule has 3 aromatic rings. The smallest absolute Gasteiger partial charge is 0.261 e. The number of furan rings is 1. The summed E-state index contributed by atoms with van der Waals surface area (Å²) >= 11 is 0. The van der Waals surface area contributed by atoms with Gasteiger partial charge in [-0.2, -0.15) is 0 Å². The third-order valence-corrected chi connectivity index (χ3v) is 4.05. The predicted molar refractivity (Wildman–Crippen MR) is 91.5 cm³/mol. The van der Waals surface area contributed by atoms with Gasteiger partial charge in [-0.1, -0.05) is 0 Å². The van der Waals surface area contributed by atoms with Crippen molar-refractivity contribution in [2.75, 3.05) is 5.32 Å². The van der Waals surface area contributed by atoms with Crippen LogP contribution in [0.15, 0.2) is 65.5 Å². The highest BCUT2D eigenvalue weighted by Gasteiger charge is 2.36. The highest BCUT2D eigenvalue weighted by atomic mass is 16.3.